The monoisotopic (exact) mass is 306 g/mol. The number of hydrogen-bond acceptors (Lipinski definition) is 4. The SMILES string of the molecule is O=[N+]([O-])c1cc(SC2CCCCC2)cc(N2CCCC2)c1. The molecule has 5 heteroatoms. The predicted molar refractivity (Wildman–Crippen MR) is 87.3 cm³/mol. The molecule has 2 aliphatic rings. The molecule has 0 spiro atoms. The van der Waals surface area contributed by atoms with Crippen molar-refractivity contribution in [2.24, 2.45) is 0 Å². The molecule has 0 aromatic heterocycles. The first-order valence-corrected chi connectivity index (χ1v) is 8.81. The zero-order valence-corrected chi connectivity index (χ0v) is 13.1. The fourth-order valence-corrected chi connectivity index (χ4v) is 4.61. The zero-order chi connectivity index (χ0) is 14.7. The Kier molecular flexibility index (Phi) is 4.68. The first-order chi connectivity index (χ1) is 10.2. The molecule has 1 aromatic rings. The van der Waals surface area contributed by atoms with Crippen LogP contribution >= 0.6 is 11.8 Å². The number of benzene rings is 1. The largest absolute Gasteiger partial charge is 0.371 e. The van der Waals surface area contributed by atoms with Crippen LogP contribution in [0, 0.1) is 10.1 Å². The van der Waals surface area contributed by atoms with E-state index in [-0.39, 0.29) is 10.6 Å². The summed E-state index contributed by atoms with van der Waals surface area (Å²) in [5.74, 6) is 0. The maximum atomic E-state index is 11.2. The van der Waals surface area contributed by atoms with Gasteiger partial charge in [-0.15, -0.1) is 11.8 Å². The van der Waals surface area contributed by atoms with Crippen LogP contribution < -0.4 is 4.90 Å². The molecule has 0 atom stereocenters. The Balaban J connectivity index is 1.82. The van der Waals surface area contributed by atoms with Crippen molar-refractivity contribution in [3.8, 4) is 0 Å². The minimum Gasteiger partial charge on any atom is -0.371 e. The van der Waals surface area contributed by atoms with Crippen LogP contribution in [0.4, 0.5) is 11.4 Å². The minimum atomic E-state index is -0.259. The fourth-order valence-electron chi connectivity index (χ4n) is 3.27. The highest BCUT2D eigenvalue weighted by Crippen LogP contribution is 2.37. The molecule has 2 fully saturated rings. The Hall–Kier alpha value is -1.23. The van der Waals surface area contributed by atoms with Gasteiger partial charge in [-0.2, -0.15) is 0 Å². The summed E-state index contributed by atoms with van der Waals surface area (Å²) in [6, 6.07) is 5.63. The second-order valence-electron chi connectivity index (χ2n) is 6.01. The summed E-state index contributed by atoms with van der Waals surface area (Å²) in [5, 5.41) is 11.8. The number of hydrogen-bond donors (Lipinski definition) is 0. The van der Waals surface area contributed by atoms with Gasteiger partial charge in [0, 0.05) is 41.1 Å². The highest BCUT2D eigenvalue weighted by atomic mass is 32.2. The number of rotatable bonds is 4. The molecule has 3 rings (SSSR count). The number of anilines is 1. The lowest BCUT2D eigenvalue weighted by molar-refractivity contribution is -0.385. The standard InChI is InChI=1S/C16H22N2O2S/c19-18(20)14-10-13(17-8-4-5-9-17)11-16(12-14)21-15-6-2-1-3-7-15/h10-12,15H,1-9H2. The summed E-state index contributed by atoms with van der Waals surface area (Å²) < 4.78 is 0. The lowest BCUT2D eigenvalue weighted by atomic mass is 10.0. The van der Waals surface area contributed by atoms with Crippen molar-refractivity contribution >= 4 is 23.1 Å². The Bertz CT molecular complexity index is 509. The molecule has 1 aromatic carbocycles. The summed E-state index contributed by atoms with van der Waals surface area (Å²) in [7, 11) is 0. The molecule has 21 heavy (non-hydrogen) atoms. The highest BCUT2D eigenvalue weighted by molar-refractivity contribution is 8.00. The van der Waals surface area contributed by atoms with E-state index in [9.17, 15) is 10.1 Å². The average molecular weight is 306 g/mol. The van der Waals surface area contributed by atoms with Crippen molar-refractivity contribution in [3.63, 3.8) is 0 Å². The van der Waals surface area contributed by atoms with E-state index in [1.54, 1.807) is 12.1 Å². The minimum absolute atomic E-state index is 0.234. The Morgan fingerprint density at radius 1 is 1.05 bits per heavy atom. The van der Waals surface area contributed by atoms with Crippen molar-refractivity contribution in [1.82, 2.24) is 0 Å². The van der Waals surface area contributed by atoms with Crippen LogP contribution in [0.15, 0.2) is 23.1 Å². The molecule has 1 aliphatic carbocycles. The van der Waals surface area contributed by atoms with E-state index in [4.69, 9.17) is 0 Å². The Labute approximate surface area is 130 Å². The molecule has 4 nitrogen and oxygen atoms in total. The Morgan fingerprint density at radius 3 is 2.43 bits per heavy atom. The maximum absolute atomic E-state index is 11.2. The molecule has 0 radical (unpaired) electrons. The van der Waals surface area contributed by atoms with Gasteiger partial charge in [-0.25, -0.2) is 0 Å². The number of nitro groups is 1. The van der Waals surface area contributed by atoms with Gasteiger partial charge in [-0.05, 0) is 31.7 Å². The molecule has 1 aliphatic heterocycles. The third kappa shape index (κ3) is 3.70. The van der Waals surface area contributed by atoms with Crippen LogP contribution in [0.25, 0.3) is 0 Å². The summed E-state index contributed by atoms with van der Waals surface area (Å²) in [5.41, 5.74) is 1.26. The lowest BCUT2D eigenvalue weighted by Crippen LogP contribution is -2.17. The van der Waals surface area contributed by atoms with Gasteiger partial charge in [-0.3, -0.25) is 10.1 Å². The third-order valence-electron chi connectivity index (χ3n) is 4.41. The average Bonchev–Trinajstić information content (AvgIpc) is 3.02. The van der Waals surface area contributed by atoms with Gasteiger partial charge in [0.15, 0.2) is 0 Å². The van der Waals surface area contributed by atoms with E-state index in [1.807, 2.05) is 11.8 Å². The van der Waals surface area contributed by atoms with E-state index in [0.29, 0.717) is 5.25 Å². The molecule has 0 amide bonds. The van der Waals surface area contributed by atoms with Crippen LogP contribution in [0.3, 0.4) is 0 Å². The molecular formula is C16H22N2O2S. The first-order valence-electron chi connectivity index (χ1n) is 7.93. The summed E-state index contributed by atoms with van der Waals surface area (Å²) in [4.78, 5) is 14.3. The molecule has 0 N–H and O–H groups in total. The van der Waals surface area contributed by atoms with Crippen LogP contribution in [0.2, 0.25) is 0 Å². The van der Waals surface area contributed by atoms with Gasteiger partial charge in [-0.1, -0.05) is 19.3 Å². The molecule has 1 heterocycles. The molecule has 0 unspecified atom stereocenters. The van der Waals surface area contributed by atoms with Crippen molar-refractivity contribution in [2.45, 2.75) is 55.1 Å². The van der Waals surface area contributed by atoms with Crippen molar-refractivity contribution in [3.05, 3.63) is 28.3 Å². The molecular weight excluding hydrogens is 284 g/mol. The van der Waals surface area contributed by atoms with Gasteiger partial charge in [0.05, 0.1) is 4.92 Å². The lowest BCUT2D eigenvalue weighted by Gasteiger charge is -2.22. The number of nitro benzene ring substituents is 1. The number of nitrogens with zero attached hydrogens (tertiary/aromatic N) is 2. The predicted octanol–water partition coefficient (Wildman–Crippen LogP) is 4.62. The molecule has 114 valence electrons. The van der Waals surface area contributed by atoms with Crippen molar-refractivity contribution < 1.29 is 4.92 Å². The maximum Gasteiger partial charge on any atom is 0.272 e. The van der Waals surface area contributed by atoms with E-state index in [0.717, 1.165) is 23.7 Å². The van der Waals surface area contributed by atoms with Crippen molar-refractivity contribution in [2.75, 3.05) is 18.0 Å². The van der Waals surface area contributed by atoms with E-state index in [1.165, 1.54) is 44.9 Å². The van der Waals surface area contributed by atoms with E-state index >= 15 is 0 Å². The summed E-state index contributed by atoms with van der Waals surface area (Å²) in [6.07, 6.45) is 8.79. The second-order valence-corrected chi connectivity index (χ2v) is 7.39. The van der Waals surface area contributed by atoms with Gasteiger partial charge < -0.3 is 4.90 Å². The smallest absolute Gasteiger partial charge is 0.272 e. The van der Waals surface area contributed by atoms with E-state index < -0.39 is 0 Å². The normalized spacial score (nSPS) is 19.9. The van der Waals surface area contributed by atoms with Crippen molar-refractivity contribution in [1.29, 1.82) is 0 Å². The molecule has 0 bridgehead atoms. The van der Waals surface area contributed by atoms with Gasteiger partial charge in [0.2, 0.25) is 0 Å². The van der Waals surface area contributed by atoms with Crippen LogP contribution in [0.1, 0.15) is 44.9 Å². The zero-order valence-electron chi connectivity index (χ0n) is 12.3. The first kappa shape index (κ1) is 14.7. The van der Waals surface area contributed by atoms with Crippen LogP contribution in [0.5, 0.6) is 0 Å². The van der Waals surface area contributed by atoms with E-state index in [2.05, 4.69) is 11.0 Å². The third-order valence-corrected chi connectivity index (χ3v) is 5.73. The second kappa shape index (κ2) is 6.69. The number of non-ortho nitro benzene ring substituents is 1. The summed E-state index contributed by atoms with van der Waals surface area (Å²) >= 11 is 1.84. The topological polar surface area (TPSA) is 46.4 Å². The fraction of sp³-hybridized carbons (Fsp3) is 0.625. The van der Waals surface area contributed by atoms with Crippen LogP contribution in [-0.4, -0.2) is 23.3 Å². The van der Waals surface area contributed by atoms with Gasteiger partial charge in [0.1, 0.15) is 0 Å². The number of thioether (sulfide) groups is 1. The van der Waals surface area contributed by atoms with Crippen LogP contribution in [-0.2, 0) is 0 Å². The van der Waals surface area contributed by atoms with Gasteiger partial charge in [0.25, 0.3) is 5.69 Å². The Morgan fingerprint density at radius 2 is 1.76 bits per heavy atom. The summed E-state index contributed by atoms with van der Waals surface area (Å²) in [6.45, 7) is 2.05. The quantitative estimate of drug-likeness (QED) is 0.601. The molecule has 1 saturated heterocycles. The molecule has 1 saturated carbocycles. The highest BCUT2D eigenvalue weighted by Gasteiger charge is 2.20. The van der Waals surface area contributed by atoms with Gasteiger partial charge >= 0.3 is 0 Å².